The van der Waals surface area contributed by atoms with Gasteiger partial charge in [-0.2, -0.15) is 0 Å². The van der Waals surface area contributed by atoms with Crippen LogP contribution in [-0.2, 0) is 10.8 Å². The number of hydrogen-bond acceptors (Lipinski definition) is 4. The molecule has 2 aliphatic rings. The summed E-state index contributed by atoms with van der Waals surface area (Å²) in [6.45, 7) is 1.31. The number of fused-ring (bicyclic) bond motifs is 1. The molecular weight excluding hydrogens is 262 g/mol. The lowest BCUT2D eigenvalue weighted by Crippen LogP contribution is -2.29. The molecule has 0 spiro atoms. The van der Waals surface area contributed by atoms with Gasteiger partial charge in [0.15, 0.2) is 11.5 Å². The summed E-state index contributed by atoms with van der Waals surface area (Å²) in [6, 6.07) is 5.58. The Hall–Kier alpha value is -1.07. The molecular formula is C14H19NO3S. The molecule has 2 N–H and O–H groups in total. The third kappa shape index (κ3) is 3.09. The van der Waals surface area contributed by atoms with Crippen molar-refractivity contribution in [2.45, 2.75) is 30.2 Å². The van der Waals surface area contributed by atoms with Gasteiger partial charge in [-0.15, -0.1) is 0 Å². The zero-order valence-corrected chi connectivity index (χ0v) is 11.7. The first kappa shape index (κ1) is 12.9. The second-order valence-corrected chi connectivity index (χ2v) is 6.67. The second kappa shape index (κ2) is 5.51. The summed E-state index contributed by atoms with van der Waals surface area (Å²) in [6.07, 6.45) is 3.23. The average molecular weight is 281 g/mol. The quantitative estimate of drug-likeness (QED) is 0.912. The Bertz CT molecular complexity index is 488. The van der Waals surface area contributed by atoms with E-state index in [2.05, 4.69) is 0 Å². The monoisotopic (exact) mass is 281 g/mol. The lowest BCUT2D eigenvalue weighted by molar-refractivity contribution is 0.297. The smallest absolute Gasteiger partial charge is 0.162 e. The van der Waals surface area contributed by atoms with Crippen molar-refractivity contribution in [2.75, 3.05) is 19.0 Å². The molecule has 1 heterocycles. The molecule has 19 heavy (non-hydrogen) atoms. The molecule has 1 aliphatic carbocycles. The van der Waals surface area contributed by atoms with Crippen LogP contribution in [0.1, 0.15) is 19.3 Å². The molecule has 5 heteroatoms. The van der Waals surface area contributed by atoms with Crippen molar-refractivity contribution in [3.8, 4) is 11.5 Å². The van der Waals surface area contributed by atoms with Crippen LogP contribution in [0.15, 0.2) is 23.1 Å². The van der Waals surface area contributed by atoms with Crippen LogP contribution < -0.4 is 15.2 Å². The summed E-state index contributed by atoms with van der Waals surface area (Å²) in [5.41, 5.74) is 6.03. The lowest BCUT2D eigenvalue weighted by Gasteiger charge is -2.12. The normalized spacial score (nSPS) is 21.5. The molecule has 0 saturated heterocycles. The summed E-state index contributed by atoms with van der Waals surface area (Å²) in [7, 11) is -1.06. The van der Waals surface area contributed by atoms with E-state index in [1.54, 1.807) is 0 Å². The molecule has 0 bridgehead atoms. The summed E-state index contributed by atoms with van der Waals surface area (Å²) in [5.74, 6) is 2.54. The molecule has 1 aromatic rings. The first-order valence-corrected chi connectivity index (χ1v) is 8.09. The maximum absolute atomic E-state index is 12.3. The molecule has 2 atom stereocenters. The molecule has 0 amide bonds. The van der Waals surface area contributed by atoms with E-state index in [1.807, 2.05) is 18.2 Å². The van der Waals surface area contributed by atoms with Gasteiger partial charge in [-0.1, -0.05) is 0 Å². The number of ether oxygens (including phenoxy) is 2. The van der Waals surface area contributed by atoms with Crippen molar-refractivity contribution in [1.29, 1.82) is 0 Å². The zero-order chi connectivity index (χ0) is 13.2. The van der Waals surface area contributed by atoms with Gasteiger partial charge in [0.1, 0.15) is 0 Å². The number of rotatable bonds is 4. The Balaban J connectivity index is 1.73. The van der Waals surface area contributed by atoms with Gasteiger partial charge in [-0.05, 0) is 30.9 Å². The molecule has 1 saturated carbocycles. The fraction of sp³-hybridized carbons (Fsp3) is 0.571. The molecule has 2 unspecified atom stereocenters. The fourth-order valence-corrected chi connectivity index (χ4v) is 3.49. The van der Waals surface area contributed by atoms with Crippen molar-refractivity contribution < 1.29 is 13.7 Å². The first-order chi connectivity index (χ1) is 9.24. The molecule has 0 radical (unpaired) electrons. The van der Waals surface area contributed by atoms with Gasteiger partial charge < -0.3 is 15.2 Å². The summed E-state index contributed by atoms with van der Waals surface area (Å²) < 4.78 is 23.5. The van der Waals surface area contributed by atoms with Crippen LogP contribution in [-0.4, -0.2) is 29.2 Å². The van der Waals surface area contributed by atoms with E-state index in [1.165, 1.54) is 12.8 Å². The van der Waals surface area contributed by atoms with Gasteiger partial charge in [-0.3, -0.25) is 4.21 Å². The van der Waals surface area contributed by atoms with Crippen molar-refractivity contribution in [3.05, 3.63) is 18.2 Å². The molecule has 1 fully saturated rings. The van der Waals surface area contributed by atoms with Crippen LogP contribution in [0, 0.1) is 5.92 Å². The van der Waals surface area contributed by atoms with Crippen LogP contribution in [0.3, 0.4) is 0 Å². The third-order valence-electron chi connectivity index (χ3n) is 3.55. The zero-order valence-electron chi connectivity index (χ0n) is 10.8. The first-order valence-electron chi connectivity index (χ1n) is 6.77. The van der Waals surface area contributed by atoms with E-state index < -0.39 is 10.8 Å². The largest absolute Gasteiger partial charge is 0.490 e. The number of benzene rings is 1. The topological polar surface area (TPSA) is 61.6 Å². The van der Waals surface area contributed by atoms with Crippen LogP contribution in [0.25, 0.3) is 0 Å². The van der Waals surface area contributed by atoms with Crippen molar-refractivity contribution in [1.82, 2.24) is 0 Å². The van der Waals surface area contributed by atoms with Gasteiger partial charge in [-0.25, -0.2) is 0 Å². The van der Waals surface area contributed by atoms with Gasteiger partial charge in [0.25, 0.3) is 0 Å². The molecule has 3 rings (SSSR count). The number of hydrogen-bond donors (Lipinski definition) is 1. The van der Waals surface area contributed by atoms with E-state index in [0.717, 1.165) is 17.1 Å². The van der Waals surface area contributed by atoms with Gasteiger partial charge in [0, 0.05) is 29.2 Å². The Morgan fingerprint density at radius 3 is 2.74 bits per heavy atom. The molecule has 104 valence electrons. The van der Waals surface area contributed by atoms with E-state index >= 15 is 0 Å². The van der Waals surface area contributed by atoms with Gasteiger partial charge in [0.05, 0.1) is 24.0 Å². The molecule has 0 aromatic heterocycles. The van der Waals surface area contributed by atoms with Crippen LogP contribution in [0.2, 0.25) is 0 Å². The predicted molar refractivity (Wildman–Crippen MR) is 74.0 cm³/mol. The maximum Gasteiger partial charge on any atom is 0.162 e. The summed E-state index contributed by atoms with van der Waals surface area (Å²) >= 11 is 0. The minimum absolute atomic E-state index is 0.0526. The molecule has 1 aromatic carbocycles. The molecule has 4 nitrogen and oxygen atoms in total. The SMILES string of the molecule is NC(CS(=O)c1ccc2c(c1)OCCCO2)C1CC1. The second-order valence-electron chi connectivity index (χ2n) is 5.17. The van der Waals surface area contributed by atoms with E-state index in [9.17, 15) is 4.21 Å². The Morgan fingerprint density at radius 1 is 1.26 bits per heavy atom. The Labute approximate surface area is 115 Å². The van der Waals surface area contributed by atoms with Crippen LogP contribution in [0.4, 0.5) is 0 Å². The average Bonchev–Trinajstić information content (AvgIpc) is 3.24. The van der Waals surface area contributed by atoms with Crippen molar-refractivity contribution in [2.24, 2.45) is 11.7 Å². The highest BCUT2D eigenvalue weighted by Crippen LogP contribution is 2.34. The summed E-state index contributed by atoms with van der Waals surface area (Å²) in [5, 5.41) is 0. The highest BCUT2D eigenvalue weighted by Gasteiger charge is 2.29. The maximum atomic E-state index is 12.3. The van der Waals surface area contributed by atoms with E-state index in [4.69, 9.17) is 15.2 Å². The van der Waals surface area contributed by atoms with Crippen molar-refractivity contribution in [3.63, 3.8) is 0 Å². The van der Waals surface area contributed by atoms with Crippen molar-refractivity contribution >= 4 is 10.8 Å². The van der Waals surface area contributed by atoms with E-state index in [0.29, 0.717) is 30.6 Å². The Morgan fingerprint density at radius 2 is 2.00 bits per heavy atom. The minimum atomic E-state index is -1.06. The standard InChI is InChI=1S/C14H19NO3S/c15-12(10-2-3-10)9-19(16)11-4-5-13-14(8-11)18-7-1-6-17-13/h4-5,8,10,12H,1-3,6-7,9,15H2. The lowest BCUT2D eigenvalue weighted by atomic mass is 10.2. The Kier molecular flexibility index (Phi) is 3.75. The predicted octanol–water partition coefficient (Wildman–Crippen LogP) is 1.69. The van der Waals surface area contributed by atoms with Gasteiger partial charge in [0.2, 0.25) is 0 Å². The van der Waals surface area contributed by atoms with Crippen LogP contribution >= 0.6 is 0 Å². The van der Waals surface area contributed by atoms with E-state index in [-0.39, 0.29) is 6.04 Å². The minimum Gasteiger partial charge on any atom is -0.490 e. The summed E-state index contributed by atoms with van der Waals surface area (Å²) in [4.78, 5) is 0.778. The molecule has 1 aliphatic heterocycles. The fourth-order valence-electron chi connectivity index (χ4n) is 2.22. The highest BCUT2D eigenvalue weighted by atomic mass is 32.2. The highest BCUT2D eigenvalue weighted by molar-refractivity contribution is 7.85. The van der Waals surface area contributed by atoms with Gasteiger partial charge >= 0.3 is 0 Å². The van der Waals surface area contributed by atoms with Crippen LogP contribution in [0.5, 0.6) is 11.5 Å². The number of nitrogens with two attached hydrogens (primary N) is 1. The third-order valence-corrected chi connectivity index (χ3v) is 5.02.